The van der Waals surface area contributed by atoms with Gasteiger partial charge in [0.05, 0.1) is 0 Å². The lowest BCUT2D eigenvalue weighted by molar-refractivity contribution is -0.151. The van der Waals surface area contributed by atoms with Gasteiger partial charge in [-0.25, -0.2) is 0 Å². The number of ether oxygens (including phenoxy) is 1. The smallest absolute Gasteiger partial charge is 0.306 e. The van der Waals surface area contributed by atoms with E-state index in [1.165, 1.54) is 64.2 Å². The molecule has 0 bridgehead atoms. The molecule has 1 rings (SSSR count). The molecule has 1 aliphatic rings. The van der Waals surface area contributed by atoms with Crippen LogP contribution in [0.15, 0.2) is 0 Å². The van der Waals surface area contributed by atoms with Gasteiger partial charge in [-0.05, 0) is 63.2 Å². The van der Waals surface area contributed by atoms with Gasteiger partial charge in [-0.3, -0.25) is 4.79 Å². The molecule has 0 aromatic heterocycles. The lowest BCUT2D eigenvalue weighted by Crippen LogP contribution is -2.23. The third-order valence-electron chi connectivity index (χ3n) is 5.68. The molecule has 1 aliphatic carbocycles. The molecule has 3 heteroatoms. The Morgan fingerprint density at radius 3 is 2.24 bits per heavy atom. The highest BCUT2D eigenvalue weighted by Gasteiger charge is 2.21. The van der Waals surface area contributed by atoms with Crippen LogP contribution in [0.5, 0.6) is 0 Å². The summed E-state index contributed by atoms with van der Waals surface area (Å²) in [4.78, 5) is 12.1. The van der Waals surface area contributed by atoms with Gasteiger partial charge in [-0.2, -0.15) is 0 Å². The van der Waals surface area contributed by atoms with E-state index in [-0.39, 0.29) is 12.1 Å². The normalized spacial score (nSPS) is 23.2. The predicted molar refractivity (Wildman–Crippen MR) is 116 cm³/mol. The van der Waals surface area contributed by atoms with E-state index in [4.69, 9.17) is 4.74 Å². The molecule has 0 N–H and O–H groups in total. The third kappa shape index (κ3) is 11.5. The van der Waals surface area contributed by atoms with Gasteiger partial charge in [0.15, 0.2) is 0 Å². The van der Waals surface area contributed by atoms with Gasteiger partial charge < -0.3 is 4.74 Å². The summed E-state index contributed by atoms with van der Waals surface area (Å²) in [6.45, 7) is 6.86. The molecule has 1 saturated carbocycles. The first-order chi connectivity index (χ1) is 12.0. The van der Waals surface area contributed by atoms with Gasteiger partial charge >= 0.3 is 5.97 Å². The van der Waals surface area contributed by atoms with E-state index in [0.29, 0.717) is 6.42 Å². The Morgan fingerprint density at radius 2 is 1.60 bits per heavy atom. The SMILES string of the molecule is CCCC(I)CCCC(CCC)CCCC(=O)OC1CCC(C)CC1. The van der Waals surface area contributed by atoms with Crippen molar-refractivity contribution in [3.05, 3.63) is 0 Å². The Labute approximate surface area is 170 Å². The Balaban J connectivity index is 2.15. The average molecular weight is 464 g/mol. The summed E-state index contributed by atoms with van der Waals surface area (Å²) in [6.07, 6.45) is 16.9. The van der Waals surface area contributed by atoms with Crippen molar-refractivity contribution in [3.63, 3.8) is 0 Å². The van der Waals surface area contributed by atoms with Crippen molar-refractivity contribution < 1.29 is 9.53 Å². The number of carbonyl (C=O) groups is 1. The second-order valence-electron chi connectivity index (χ2n) is 8.24. The van der Waals surface area contributed by atoms with Crippen LogP contribution >= 0.6 is 22.6 Å². The van der Waals surface area contributed by atoms with E-state index in [0.717, 1.165) is 35.0 Å². The van der Waals surface area contributed by atoms with Crippen LogP contribution in [0.1, 0.15) is 111 Å². The second-order valence-corrected chi connectivity index (χ2v) is 10.00. The maximum absolute atomic E-state index is 12.1. The topological polar surface area (TPSA) is 26.3 Å². The Hall–Kier alpha value is 0.200. The van der Waals surface area contributed by atoms with Crippen molar-refractivity contribution in [1.82, 2.24) is 0 Å². The van der Waals surface area contributed by atoms with Crippen LogP contribution < -0.4 is 0 Å². The third-order valence-corrected chi connectivity index (χ3v) is 6.93. The van der Waals surface area contributed by atoms with Gasteiger partial charge in [0.2, 0.25) is 0 Å². The summed E-state index contributed by atoms with van der Waals surface area (Å²) < 4.78 is 6.53. The predicted octanol–water partition coefficient (Wildman–Crippen LogP) is 7.47. The molecule has 1 fully saturated rings. The number of hydrogen-bond donors (Lipinski definition) is 0. The van der Waals surface area contributed by atoms with Crippen molar-refractivity contribution in [2.45, 2.75) is 121 Å². The van der Waals surface area contributed by atoms with Crippen molar-refractivity contribution in [2.75, 3.05) is 0 Å². The molecule has 2 unspecified atom stereocenters. The van der Waals surface area contributed by atoms with Crippen molar-refractivity contribution in [1.29, 1.82) is 0 Å². The van der Waals surface area contributed by atoms with Gasteiger partial charge in [0, 0.05) is 10.3 Å². The lowest BCUT2D eigenvalue weighted by atomic mass is 9.89. The van der Waals surface area contributed by atoms with Gasteiger partial charge in [0.25, 0.3) is 0 Å². The first-order valence-corrected chi connectivity index (χ1v) is 12.1. The molecule has 0 saturated heterocycles. The summed E-state index contributed by atoms with van der Waals surface area (Å²) in [5.41, 5.74) is 0. The highest BCUT2D eigenvalue weighted by molar-refractivity contribution is 14.1. The summed E-state index contributed by atoms with van der Waals surface area (Å²) in [7, 11) is 0. The molecular weight excluding hydrogens is 423 g/mol. The number of alkyl halides is 1. The molecule has 148 valence electrons. The van der Waals surface area contributed by atoms with E-state index in [9.17, 15) is 4.79 Å². The summed E-state index contributed by atoms with van der Waals surface area (Å²) in [6, 6.07) is 0. The van der Waals surface area contributed by atoms with Crippen LogP contribution in [0.4, 0.5) is 0 Å². The zero-order chi connectivity index (χ0) is 18.5. The number of rotatable bonds is 13. The largest absolute Gasteiger partial charge is 0.462 e. The molecular formula is C22H41IO2. The van der Waals surface area contributed by atoms with E-state index in [1.54, 1.807) is 0 Å². The number of hydrogen-bond acceptors (Lipinski definition) is 2. The fourth-order valence-corrected chi connectivity index (χ4v) is 5.12. The van der Waals surface area contributed by atoms with E-state index < -0.39 is 0 Å². The summed E-state index contributed by atoms with van der Waals surface area (Å²) in [5.74, 6) is 1.66. The van der Waals surface area contributed by atoms with Crippen LogP contribution in [-0.2, 0) is 9.53 Å². The number of esters is 1. The number of carbonyl (C=O) groups excluding carboxylic acids is 1. The summed E-state index contributed by atoms with van der Waals surface area (Å²) >= 11 is 2.61. The Bertz CT molecular complexity index is 337. The lowest BCUT2D eigenvalue weighted by Gasteiger charge is -2.26. The Kier molecular flexibility index (Phi) is 13.3. The van der Waals surface area contributed by atoms with Crippen LogP contribution in [0.2, 0.25) is 0 Å². The molecule has 0 spiro atoms. The van der Waals surface area contributed by atoms with Crippen molar-refractivity contribution in [3.8, 4) is 0 Å². The van der Waals surface area contributed by atoms with E-state index >= 15 is 0 Å². The maximum Gasteiger partial charge on any atom is 0.306 e. The van der Waals surface area contributed by atoms with Crippen molar-refractivity contribution in [2.24, 2.45) is 11.8 Å². The van der Waals surface area contributed by atoms with Gasteiger partial charge in [-0.15, -0.1) is 0 Å². The zero-order valence-corrected chi connectivity index (χ0v) is 19.1. The molecule has 0 amide bonds. The first kappa shape index (κ1) is 23.2. The van der Waals surface area contributed by atoms with Crippen LogP contribution in [0, 0.1) is 11.8 Å². The second kappa shape index (κ2) is 14.3. The fourth-order valence-electron chi connectivity index (χ4n) is 4.05. The molecule has 2 nitrogen and oxygen atoms in total. The molecule has 0 radical (unpaired) electrons. The van der Waals surface area contributed by atoms with Crippen molar-refractivity contribution >= 4 is 28.6 Å². The monoisotopic (exact) mass is 464 g/mol. The molecule has 0 aromatic carbocycles. The van der Waals surface area contributed by atoms with Crippen LogP contribution in [-0.4, -0.2) is 16.0 Å². The standard InChI is InChI=1S/C22H41IO2/c1-4-8-19(10-6-12-20(23)9-5-2)11-7-13-22(24)25-21-16-14-18(3)15-17-21/h18-21H,4-17H2,1-3H3. The molecule has 0 aromatic rings. The minimum absolute atomic E-state index is 0.0464. The quantitative estimate of drug-likeness (QED) is 0.161. The average Bonchev–Trinajstić information content (AvgIpc) is 2.57. The maximum atomic E-state index is 12.1. The van der Waals surface area contributed by atoms with Crippen LogP contribution in [0.3, 0.4) is 0 Å². The first-order valence-electron chi connectivity index (χ1n) is 10.9. The highest BCUT2D eigenvalue weighted by Crippen LogP contribution is 2.27. The number of halogens is 1. The van der Waals surface area contributed by atoms with E-state index in [1.807, 2.05) is 0 Å². The van der Waals surface area contributed by atoms with Gasteiger partial charge in [0.1, 0.15) is 6.10 Å². The fraction of sp³-hybridized carbons (Fsp3) is 0.955. The minimum Gasteiger partial charge on any atom is -0.462 e. The molecule has 0 aliphatic heterocycles. The summed E-state index contributed by atoms with van der Waals surface area (Å²) in [5, 5.41) is 0. The van der Waals surface area contributed by atoms with Crippen LogP contribution in [0.25, 0.3) is 0 Å². The van der Waals surface area contributed by atoms with Gasteiger partial charge in [-0.1, -0.05) is 75.5 Å². The molecule has 0 heterocycles. The zero-order valence-electron chi connectivity index (χ0n) is 16.9. The Morgan fingerprint density at radius 1 is 0.960 bits per heavy atom. The van der Waals surface area contributed by atoms with E-state index in [2.05, 4.69) is 43.4 Å². The minimum atomic E-state index is 0.0464. The molecule has 25 heavy (non-hydrogen) atoms. The highest BCUT2D eigenvalue weighted by atomic mass is 127. The molecule has 2 atom stereocenters.